The topological polar surface area (TPSA) is 77.5 Å². The van der Waals surface area contributed by atoms with Gasteiger partial charge < -0.3 is 21.3 Å². The molecular formula is C22H31N5O. The lowest BCUT2D eigenvalue weighted by molar-refractivity contribution is 0.250. The standard InChI is InChI=1S/C22H31N5O/c1-5-23-21(25-15-19-9-7-6-8-17(19)4)24-14-18-10-12-20(13-11-18)27-22(28)26-16(2)3/h6-13,16H,5,14-15H2,1-4H3,(H2,23,24,25)(H2,26,27,28). The third-order valence-corrected chi connectivity index (χ3v) is 4.10. The van der Waals surface area contributed by atoms with Crippen LogP contribution in [0.2, 0.25) is 0 Å². The van der Waals surface area contributed by atoms with E-state index in [1.807, 2.05) is 57.2 Å². The van der Waals surface area contributed by atoms with E-state index in [2.05, 4.69) is 45.3 Å². The predicted octanol–water partition coefficient (Wildman–Crippen LogP) is 3.78. The van der Waals surface area contributed by atoms with Gasteiger partial charge in [0.1, 0.15) is 0 Å². The molecule has 2 aromatic rings. The molecule has 150 valence electrons. The van der Waals surface area contributed by atoms with Crippen molar-refractivity contribution in [2.24, 2.45) is 4.99 Å². The Morgan fingerprint density at radius 3 is 2.39 bits per heavy atom. The molecule has 2 rings (SSSR count). The number of carbonyl (C=O) groups is 1. The highest BCUT2D eigenvalue weighted by atomic mass is 16.2. The van der Waals surface area contributed by atoms with Crippen LogP contribution in [-0.4, -0.2) is 24.6 Å². The third-order valence-electron chi connectivity index (χ3n) is 4.10. The van der Waals surface area contributed by atoms with Gasteiger partial charge in [-0.2, -0.15) is 0 Å². The molecule has 0 radical (unpaired) electrons. The Kier molecular flexibility index (Phi) is 8.34. The molecule has 2 amide bonds. The van der Waals surface area contributed by atoms with Gasteiger partial charge in [-0.1, -0.05) is 36.4 Å². The SMILES string of the molecule is CCNC(=NCc1ccc(NC(=O)NC(C)C)cc1)NCc1ccccc1C. The smallest absolute Gasteiger partial charge is 0.319 e. The Morgan fingerprint density at radius 1 is 1.04 bits per heavy atom. The number of aliphatic imine (C=N–C) groups is 1. The number of aryl methyl sites for hydroxylation is 1. The van der Waals surface area contributed by atoms with Crippen LogP contribution in [0.15, 0.2) is 53.5 Å². The summed E-state index contributed by atoms with van der Waals surface area (Å²) < 4.78 is 0. The third kappa shape index (κ3) is 7.31. The number of anilines is 1. The first-order valence-electron chi connectivity index (χ1n) is 9.71. The molecule has 28 heavy (non-hydrogen) atoms. The number of rotatable bonds is 7. The number of hydrogen-bond donors (Lipinski definition) is 4. The lowest BCUT2D eigenvalue weighted by atomic mass is 10.1. The van der Waals surface area contributed by atoms with Crippen molar-refractivity contribution < 1.29 is 4.79 Å². The number of hydrogen-bond acceptors (Lipinski definition) is 2. The molecular weight excluding hydrogens is 350 g/mol. The molecule has 0 aromatic heterocycles. The zero-order valence-electron chi connectivity index (χ0n) is 17.2. The van der Waals surface area contributed by atoms with Crippen LogP contribution in [-0.2, 0) is 13.1 Å². The van der Waals surface area contributed by atoms with Crippen LogP contribution < -0.4 is 21.3 Å². The van der Waals surface area contributed by atoms with E-state index in [9.17, 15) is 4.79 Å². The quantitative estimate of drug-likeness (QED) is 0.435. The maximum absolute atomic E-state index is 11.7. The monoisotopic (exact) mass is 381 g/mol. The van der Waals surface area contributed by atoms with Crippen LogP contribution in [0, 0.1) is 6.92 Å². The van der Waals surface area contributed by atoms with Gasteiger partial charge in [0.05, 0.1) is 6.54 Å². The number of benzene rings is 2. The molecule has 0 spiro atoms. The summed E-state index contributed by atoms with van der Waals surface area (Å²) >= 11 is 0. The van der Waals surface area contributed by atoms with Gasteiger partial charge in [0.2, 0.25) is 0 Å². The van der Waals surface area contributed by atoms with E-state index in [1.165, 1.54) is 11.1 Å². The summed E-state index contributed by atoms with van der Waals surface area (Å²) in [5.74, 6) is 0.782. The number of carbonyl (C=O) groups excluding carboxylic acids is 1. The summed E-state index contributed by atoms with van der Waals surface area (Å²) in [6.45, 7) is 10.1. The molecule has 0 bridgehead atoms. The van der Waals surface area contributed by atoms with E-state index in [-0.39, 0.29) is 12.1 Å². The molecule has 0 atom stereocenters. The van der Waals surface area contributed by atoms with Crippen molar-refractivity contribution in [1.82, 2.24) is 16.0 Å². The first-order chi connectivity index (χ1) is 13.5. The fraction of sp³-hybridized carbons (Fsp3) is 0.364. The second-order valence-corrected chi connectivity index (χ2v) is 6.93. The van der Waals surface area contributed by atoms with Crippen molar-refractivity contribution in [2.75, 3.05) is 11.9 Å². The van der Waals surface area contributed by atoms with Gasteiger partial charge in [0.25, 0.3) is 0 Å². The molecule has 0 aliphatic heterocycles. The lowest BCUT2D eigenvalue weighted by Crippen LogP contribution is -2.36. The van der Waals surface area contributed by atoms with Crippen LogP contribution in [0.25, 0.3) is 0 Å². The molecule has 0 aliphatic rings. The minimum Gasteiger partial charge on any atom is -0.357 e. The van der Waals surface area contributed by atoms with Crippen LogP contribution in [0.3, 0.4) is 0 Å². The summed E-state index contributed by atoms with van der Waals surface area (Å²) in [5.41, 5.74) is 4.34. The Bertz CT molecular complexity index is 784. The first kappa shape index (κ1) is 21.3. The minimum atomic E-state index is -0.199. The van der Waals surface area contributed by atoms with Crippen LogP contribution >= 0.6 is 0 Å². The molecule has 0 saturated carbocycles. The summed E-state index contributed by atoms with van der Waals surface area (Å²) in [6, 6.07) is 15.9. The maximum Gasteiger partial charge on any atom is 0.319 e. The van der Waals surface area contributed by atoms with Gasteiger partial charge in [0.15, 0.2) is 5.96 Å². The summed E-state index contributed by atoms with van der Waals surface area (Å²) in [4.78, 5) is 16.4. The summed E-state index contributed by atoms with van der Waals surface area (Å²) in [6.07, 6.45) is 0. The van der Waals surface area contributed by atoms with Crippen molar-refractivity contribution in [1.29, 1.82) is 0 Å². The lowest BCUT2D eigenvalue weighted by Gasteiger charge is -2.13. The molecule has 0 unspecified atom stereocenters. The first-order valence-corrected chi connectivity index (χ1v) is 9.71. The number of nitrogens with one attached hydrogen (secondary N) is 4. The second kappa shape index (κ2) is 11.0. The highest BCUT2D eigenvalue weighted by Gasteiger charge is 2.04. The predicted molar refractivity (Wildman–Crippen MR) is 117 cm³/mol. The van der Waals surface area contributed by atoms with E-state index in [0.29, 0.717) is 6.54 Å². The average molecular weight is 382 g/mol. The van der Waals surface area contributed by atoms with Gasteiger partial charge in [-0.3, -0.25) is 0 Å². The number of amides is 2. The van der Waals surface area contributed by atoms with Crippen LogP contribution in [0.4, 0.5) is 10.5 Å². The van der Waals surface area contributed by atoms with Crippen molar-refractivity contribution >= 4 is 17.7 Å². The van der Waals surface area contributed by atoms with E-state index in [4.69, 9.17) is 0 Å². The highest BCUT2D eigenvalue weighted by Crippen LogP contribution is 2.11. The van der Waals surface area contributed by atoms with E-state index < -0.39 is 0 Å². The largest absolute Gasteiger partial charge is 0.357 e. The van der Waals surface area contributed by atoms with Gasteiger partial charge >= 0.3 is 6.03 Å². The van der Waals surface area contributed by atoms with Crippen LogP contribution in [0.1, 0.15) is 37.5 Å². The maximum atomic E-state index is 11.7. The van der Waals surface area contributed by atoms with Crippen molar-refractivity contribution in [2.45, 2.75) is 46.8 Å². The van der Waals surface area contributed by atoms with Gasteiger partial charge in [-0.05, 0) is 56.5 Å². The van der Waals surface area contributed by atoms with E-state index in [0.717, 1.165) is 30.3 Å². The number of guanidine groups is 1. The Balaban J connectivity index is 1.92. The zero-order valence-corrected chi connectivity index (χ0v) is 17.2. The van der Waals surface area contributed by atoms with Crippen molar-refractivity contribution in [3.8, 4) is 0 Å². The average Bonchev–Trinajstić information content (AvgIpc) is 2.65. The number of urea groups is 1. The van der Waals surface area contributed by atoms with Gasteiger partial charge in [-0.25, -0.2) is 9.79 Å². The second-order valence-electron chi connectivity index (χ2n) is 6.93. The number of nitrogens with zero attached hydrogens (tertiary/aromatic N) is 1. The molecule has 6 heteroatoms. The molecule has 0 heterocycles. The Hall–Kier alpha value is -3.02. The molecule has 0 aliphatic carbocycles. The van der Waals surface area contributed by atoms with Crippen molar-refractivity contribution in [3.05, 3.63) is 65.2 Å². The fourth-order valence-electron chi connectivity index (χ4n) is 2.62. The molecule has 2 aromatic carbocycles. The highest BCUT2D eigenvalue weighted by molar-refractivity contribution is 5.89. The summed E-state index contributed by atoms with van der Waals surface area (Å²) in [5, 5.41) is 12.3. The van der Waals surface area contributed by atoms with Gasteiger partial charge in [0, 0.05) is 24.8 Å². The van der Waals surface area contributed by atoms with Crippen LogP contribution in [0.5, 0.6) is 0 Å². The summed E-state index contributed by atoms with van der Waals surface area (Å²) in [7, 11) is 0. The normalized spacial score (nSPS) is 11.2. The minimum absolute atomic E-state index is 0.102. The molecule has 0 fully saturated rings. The zero-order chi connectivity index (χ0) is 20.4. The molecule has 4 N–H and O–H groups in total. The van der Waals surface area contributed by atoms with Crippen molar-refractivity contribution in [3.63, 3.8) is 0 Å². The van der Waals surface area contributed by atoms with E-state index in [1.54, 1.807) is 0 Å². The van der Waals surface area contributed by atoms with Gasteiger partial charge in [-0.15, -0.1) is 0 Å². The fourth-order valence-corrected chi connectivity index (χ4v) is 2.62. The molecule has 6 nitrogen and oxygen atoms in total. The Labute approximate surface area is 167 Å². The van der Waals surface area contributed by atoms with E-state index >= 15 is 0 Å². The molecule has 0 saturated heterocycles. The Morgan fingerprint density at radius 2 is 1.75 bits per heavy atom.